The van der Waals surface area contributed by atoms with Gasteiger partial charge in [0, 0.05) is 61.7 Å². The maximum Gasteiger partial charge on any atom is 0.321 e. The number of pyridine rings is 1. The molecule has 1 saturated heterocycles. The first-order chi connectivity index (χ1) is 16.6. The van der Waals surface area contributed by atoms with E-state index in [1.807, 2.05) is 35.4 Å². The topological polar surface area (TPSA) is 66.3 Å². The number of rotatable bonds is 5. The summed E-state index contributed by atoms with van der Waals surface area (Å²) in [4.78, 5) is 26.3. The highest BCUT2D eigenvalue weighted by Crippen LogP contribution is 2.24. The summed E-state index contributed by atoms with van der Waals surface area (Å²) in [5.74, 6) is 0.938. The van der Waals surface area contributed by atoms with Crippen molar-refractivity contribution in [2.24, 2.45) is 0 Å². The summed E-state index contributed by atoms with van der Waals surface area (Å²) in [6.07, 6.45) is 1.82. The minimum atomic E-state index is -0.0895. The van der Waals surface area contributed by atoms with Crippen molar-refractivity contribution in [3.8, 4) is 11.4 Å². The Morgan fingerprint density at radius 3 is 2.56 bits per heavy atom. The van der Waals surface area contributed by atoms with Crippen molar-refractivity contribution in [1.29, 1.82) is 0 Å². The molecule has 1 aliphatic heterocycles. The number of hydrogen-bond donors (Lipinski definition) is 1. The Bertz CT molecular complexity index is 1290. The van der Waals surface area contributed by atoms with Gasteiger partial charge >= 0.3 is 6.03 Å². The van der Waals surface area contributed by atoms with Gasteiger partial charge in [-0.15, -0.1) is 0 Å². The number of carbonyl (C=O) groups is 1. The van der Waals surface area contributed by atoms with E-state index >= 15 is 0 Å². The van der Waals surface area contributed by atoms with Crippen molar-refractivity contribution in [2.45, 2.75) is 13.5 Å². The number of imidazole rings is 1. The zero-order chi connectivity index (χ0) is 23.5. The number of urea groups is 1. The molecule has 2 amide bonds. The van der Waals surface area contributed by atoms with Gasteiger partial charge in [-0.1, -0.05) is 47.5 Å². The SMILES string of the molecule is Cc1ccc(-c2nc3cccnc3n2CCN2CCN(C(=O)Nc3cccc(Cl)c3)CC2)cc1. The van der Waals surface area contributed by atoms with E-state index in [0.717, 1.165) is 48.7 Å². The molecule has 2 aromatic carbocycles. The smallest absolute Gasteiger partial charge is 0.321 e. The second-order valence-corrected chi connectivity index (χ2v) is 9.00. The third-order valence-electron chi connectivity index (χ3n) is 6.19. The Morgan fingerprint density at radius 1 is 1.00 bits per heavy atom. The van der Waals surface area contributed by atoms with Crippen LogP contribution in [0.3, 0.4) is 0 Å². The van der Waals surface area contributed by atoms with E-state index in [9.17, 15) is 4.79 Å². The predicted octanol–water partition coefficient (Wildman–Crippen LogP) is 4.91. The Labute approximate surface area is 204 Å². The molecule has 4 aromatic rings. The number of nitrogens with zero attached hydrogens (tertiary/aromatic N) is 5. The molecule has 1 N–H and O–H groups in total. The average molecular weight is 475 g/mol. The molecule has 1 fully saturated rings. The molecule has 8 heteroatoms. The summed E-state index contributed by atoms with van der Waals surface area (Å²) < 4.78 is 2.21. The number of anilines is 1. The molecule has 3 heterocycles. The van der Waals surface area contributed by atoms with Crippen molar-refractivity contribution in [3.05, 3.63) is 77.4 Å². The van der Waals surface area contributed by atoms with Gasteiger partial charge in [0.2, 0.25) is 0 Å². The standard InChI is InChI=1S/C26H27ClN6O/c1-19-7-9-20(10-8-19)24-30-23-6-3-11-28-25(23)33(24)17-14-31-12-15-32(16-13-31)26(34)29-22-5-2-4-21(27)18-22/h2-11,18H,12-17H2,1H3,(H,29,34). The number of carbonyl (C=O) groups excluding carboxylic acids is 1. The molecule has 2 aromatic heterocycles. The van der Waals surface area contributed by atoms with Gasteiger partial charge in [-0.05, 0) is 37.3 Å². The van der Waals surface area contributed by atoms with Crippen LogP contribution in [-0.4, -0.2) is 63.1 Å². The first-order valence-electron chi connectivity index (χ1n) is 11.5. The van der Waals surface area contributed by atoms with Gasteiger partial charge in [0.1, 0.15) is 11.3 Å². The quantitative estimate of drug-likeness (QED) is 0.446. The third kappa shape index (κ3) is 4.90. The number of nitrogens with one attached hydrogen (secondary N) is 1. The number of aryl methyl sites for hydroxylation is 1. The second-order valence-electron chi connectivity index (χ2n) is 8.57. The van der Waals surface area contributed by atoms with Crippen molar-refractivity contribution in [3.63, 3.8) is 0 Å². The van der Waals surface area contributed by atoms with Gasteiger partial charge in [-0.3, -0.25) is 4.90 Å². The first kappa shape index (κ1) is 22.4. The van der Waals surface area contributed by atoms with Crippen LogP contribution in [0.2, 0.25) is 5.02 Å². The summed E-state index contributed by atoms with van der Waals surface area (Å²) in [5.41, 5.74) is 4.83. The van der Waals surface area contributed by atoms with Crippen LogP contribution in [0.1, 0.15) is 5.56 Å². The minimum absolute atomic E-state index is 0.0895. The molecule has 0 unspecified atom stereocenters. The van der Waals surface area contributed by atoms with Crippen LogP contribution in [0.4, 0.5) is 10.5 Å². The van der Waals surface area contributed by atoms with Gasteiger partial charge in [0.15, 0.2) is 5.65 Å². The summed E-state index contributed by atoms with van der Waals surface area (Å²) in [6, 6.07) is 19.5. The highest BCUT2D eigenvalue weighted by Gasteiger charge is 2.22. The van der Waals surface area contributed by atoms with Crippen LogP contribution in [-0.2, 0) is 6.54 Å². The number of halogens is 1. The van der Waals surface area contributed by atoms with E-state index in [2.05, 4.69) is 51.0 Å². The Balaban J connectivity index is 1.23. The van der Waals surface area contributed by atoms with Crippen LogP contribution >= 0.6 is 11.6 Å². The van der Waals surface area contributed by atoms with Gasteiger partial charge in [0.05, 0.1) is 0 Å². The molecule has 0 aliphatic carbocycles. The normalized spacial score (nSPS) is 14.5. The fraction of sp³-hybridized carbons (Fsp3) is 0.269. The molecule has 0 bridgehead atoms. The maximum atomic E-state index is 12.6. The van der Waals surface area contributed by atoms with Crippen LogP contribution in [0.5, 0.6) is 0 Å². The monoisotopic (exact) mass is 474 g/mol. The Kier molecular flexibility index (Phi) is 6.47. The molecule has 0 atom stereocenters. The lowest BCUT2D eigenvalue weighted by Gasteiger charge is -2.34. The molecule has 174 valence electrons. The van der Waals surface area contributed by atoms with Crippen LogP contribution in [0.25, 0.3) is 22.6 Å². The van der Waals surface area contributed by atoms with E-state index in [-0.39, 0.29) is 6.03 Å². The van der Waals surface area contributed by atoms with Crippen LogP contribution < -0.4 is 5.32 Å². The molecular formula is C26H27ClN6O. The number of hydrogen-bond acceptors (Lipinski definition) is 4. The Morgan fingerprint density at radius 2 is 1.79 bits per heavy atom. The van der Waals surface area contributed by atoms with E-state index in [0.29, 0.717) is 23.8 Å². The van der Waals surface area contributed by atoms with Gasteiger partial charge in [-0.2, -0.15) is 0 Å². The maximum absolute atomic E-state index is 12.6. The lowest BCUT2D eigenvalue weighted by Crippen LogP contribution is -2.50. The zero-order valence-electron chi connectivity index (χ0n) is 19.1. The number of piperazine rings is 1. The van der Waals surface area contributed by atoms with Gasteiger partial charge in [0.25, 0.3) is 0 Å². The van der Waals surface area contributed by atoms with Crippen molar-refractivity contribution >= 4 is 34.5 Å². The van der Waals surface area contributed by atoms with Gasteiger partial charge < -0.3 is 14.8 Å². The summed E-state index contributed by atoms with van der Waals surface area (Å²) in [5, 5.41) is 3.54. The molecule has 0 radical (unpaired) electrons. The molecule has 1 aliphatic rings. The van der Waals surface area contributed by atoms with Crippen molar-refractivity contribution < 1.29 is 4.79 Å². The number of benzene rings is 2. The second kappa shape index (κ2) is 9.83. The zero-order valence-corrected chi connectivity index (χ0v) is 19.9. The molecule has 5 rings (SSSR count). The molecule has 34 heavy (non-hydrogen) atoms. The Hall–Kier alpha value is -3.42. The highest BCUT2D eigenvalue weighted by molar-refractivity contribution is 6.30. The fourth-order valence-electron chi connectivity index (χ4n) is 4.28. The molecule has 7 nitrogen and oxygen atoms in total. The van der Waals surface area contributed by atoms with Crippen molar-refractivity contribution in [2.75, 3.05) is 38.0 Å². The third-order valence-corrected chi connectivity index (χ3v) is 6.42. The summed E-state index contributed by atoms with van der Waals surface area (Å²) in [7, 11) is 0. The van der Waals surface area contributed by atoms with E-state index in [4.69, 9.17) is 16.6 Å². The minimum Gasteiger partial charge on any atom is -0.322 e. The highest BCUT2D eigenvalue weighted by atomic mass is 35.5. The van der Waals surface area contributed by atoms with E-state index < -0.39 is 0 Å². The molecule has 0 spiro atoms. The average Bonchev–Trinajstić information content (AvgIpc) is 3.22. The predicted molar refractivity (Wildman–Crippen MR) is 136 cm³/mol. The van der Waals surface area contributed by atoms with E-state index in [1.165, 1.54) is 5.56 Å². The van der Waals surface area contributed by atoms with Gasteiger partial charge in [-0.25, -0.2) is 14.8 Å². The lowest BCUT2D eigenvalue weighted by atomic mass is 10.1. The van der Waals surface area contributed by atoms with Crippen molar-refractivity contribution in [1.82, 2.24) is 24.3 Å². The first-order valence-corrected chi connectivity index (χ1v) is 11.9. The van der Waals surface area contributed by atoms with Crippen LogP contribution in [0, 0.1) is 6.92 Å². The largest absolute Gasteiger partial charge is 0.322 e. The van der Waals surface area contributed by atoms with Crippen LogP contribution in [0.15, 0.2) is 66.9 Å². The summed E-state index contributed by atoms with van der Waals surface area (Å²) in [6.45, 7) is 6.74. The molecular weight excluding hydrogens is 448 g/mol. The molecule has 0 saturated carbocycles. The van der Waals surface area contributed by atoms with E-state index in [1.54, 1.807) is 12.1 Å². The number of fused-ring (bicyclic) bond motifs is 1. The number of aromatic nitrogens is 3. The number of amides is 2. The lowest BCUT2D eigenvalue weighted by molar-refractivity contribution is 0.145. The fourth-order valence-corrected chi connectivity index (χ4v) is 4.47. The summed E-state index contributed by atoms with van der Waals surface area (Å²) >= 11 is 6.02.